The summed E-state index contributed by atoms with van der Waals surface area (Å²) in [6.07, 6.45) is 1.17. The van der Waals surface area contributed by atoms with E-state index in [4.69, 9.17) is 0 Å². The van der Waals surface area contributed by atoms with E-state index in [1.807, 2.05) is 17.9 Å². The highest BCUT2D eigenvalue weighted by molar-refractivity contribution is 7.13. The summed E-state index contributed by atoms with van der Waals surface area (Å²) in [5, 5.41) is 2.72. The van der Waals surface area contributed by atoms with Gasteiger partial charge in [-0.2, -0.15) is 0 Å². The standard InChI is InChI=1S/C15H22N2O2S/c1-10-6-11(2)9-17(8-10)14(18)7-16-15(19)13-5-4-12(3)20-13/h4-5,10-11H,6-9H2,1-3H3,(H,16,19). The van der Waals surface area contributed by atoms with Crippen LogP contribution < -0.4 is 5.32 Å². The molecule has 1 aromatic heterocycles. The van der Waals surface area contributed by atoms with Gasteiger partial charge in [0.25, 0.3) is 5.91 Å². The molecule has 20 heavy (non-hydrogen) atoms. The average Bonchev–Trinajstić information content (AvgIpc) is 2.81. The fourth-order valence-electron chi connectivity index (χ4n) is 2.78. The van der Waals surface area contributed by atoms with Crippen LogP contribution in [0.15, 0.2) is 12.1 Å². The predicted molar refractivity (Wildman–Crippen MR) is 80.9 cm³/mol. The molecule has 1 N–H and O–H groups in total. The van der Waals surface area contributed by atoms with Gasteiger partial charge < -0.3 is 10.2 Å². The molecule has 1 aliphatic rings. The van der Waals surface area contributed by atoms with Crippen LogP contribution in [0.1, 0.15) is 34.8 Å². The molecule has 0 aromatic carbocycles. The third kappa shape index (κ3) is 3.82. The van der Waals surface area contributed by atoms with Crippen molar-refractivity contribution in [1.29, 1.82) is 0 Å². The number of aryl methyl sites for hydroxylation is 1. The Balaban J connectivity index is 1.84. The van der Waals surface area contributed by atoms with E-state index in [1.54, 1.807) is 6.07 Å². The van der Waals surface area contributed by atoms with E-state index in [9.17, 15) is 9.59 Å². The Bertz CT molecular complexity index is 488. The van der Waals surface area contributed by atoms with Crippen molar-refractivity contribution in [2.24, 2.45) is 11.8 Å². The number of amides is 2. The van der Waals surface area contributed by atoms with Crippen LogP contribution in [0.25, 0.3) is 0 Å². The summed E-state index contributed by atoms with van der Waals surface area (Å²) >= 11 is 1.45. The number of nitrogens with zero attached hydrogens (tertiary/aromatic N) is 1. The van der Waals surface area contributed by atoms with Crippen molar-refractivity contribution in [3.63, 3.8) is 0 Å². The summed E-state index contributed by atoms with van der Waals surface area (Å²) in [5.74, 6) is 0.941. The summed E-state index contributed by atoms with van der Waals surface area (Å²) < 4.78 is 0. The molecule has 0 radical (unpaired) electrons. The Morgan fingerprint density at radius 3 is 2.50 bits per heavy atom. The number of carbonyl (C=O) groups excluding carboxylic acids is 2. The third-order valence-corrected chi connectivity index (χ3v) is 4.59. The van der Waals surface area contributed by atoms with Crippen LogP contribution in [0, 0.1) is 18.8 Å². The first-order valence-corrected chi connectivity index (χ1v) is 7.89. The number of hydrogen-bond donors (Lipinski definition) is 1. The minimum absolute atomic E-state index is 0.0185. The molecule has 2 heterocycles. The molecule has 1 aromatic rings. The molecule has 1 aliphatic heterocycles. The Kier molecular flexibility index (Phi) is 4.81. The molecule has 0 bridgehead atoms. The molecule has 4 nitrogen and oxygen atoms in total. The van der Waals surface area contributed by atoms with Gasteiger partial charge in [0.2, 0.25) is 5.91 Å². The summed E-state index contributed by atoms with van der Waals surface area (Å²) in [4.78, 5) is 27.7. The van der Waals surface area contributed by atoms with Crippen molar-refractivity contribution in [2.75, 3.05) is 19.6 Å². The van der Waals surface area contributed by atoms with Gasteiger partial charge >= 0.3 is 0 Å². The molecule has 0 spiro atoms. The minimum Gasteiger partial charge on any atom is -0.342 e. The maximum absolute atomic E-state index is 12.1. The van der Waals surface area contributed by atoms with Crippen molar-refractivity contribution in [3.05, 3.63) is 21.9 Å². The summed E-state index contributed by atoms with van der Waals surface area (Å²) in [7, 11) is 0. The van der Waals surface area contributed by atoms with Crippen molar-refractivity contribution < 1.29 is 9.59 Å². The van der Waals surface area contributed by atoms with Crippen molar-refractivity contribution >= 4 is 23.2 Å². The van der Waals surface area contributed by atoms with Gasteiger partial charge in [0.05, 0.1) is 11.4 Å². The zero-order chi connectivity index (χ0) is 14.7. The van der Waals surface area contributed by atoms with Gasteiger partial charge in [-0.1, -0.05) is 13.8 Å². The van der Waals surface area contributed by atoms with E-state index < -0.39 is 0 Å². The maximum atomic E-state index is 12.1. The Morgan fingerprint density at radius 1 is 1.30 bits per heavy atom. The number of rotatable bonds is 3. The molecule has 110 valence electrons. The molecule has 2 atom stereocenters. The fourth-order valence-corrected chi connectivity index (χ4v) is 3.56. The van der Waals surface area contributed by atoms with Gasteiger partial charge in [-0.15, -0.1) is 11.3 Å². The topological polar surface area (TPSA) is 49.4 Å². The first-order chi connectivity index (χ1) is 9.45. The lowest BCUT2D eigenvalue weighted by atomic mass is 9.92. The molecule has 2 unspecified atom stereocenters. The first kappa shape index (κ1) is 15.0. The Labute approximate surface area is 124 Å². The van der Waals surface area contributed by atoms with Crippen LogP contribution in [0.4, 0.5) is 0 Å². The molecular formula is C15H22N2O2S. The molecule has 0 aliphatic carbocycles. The molecule has 1 fully saturated rings. The Morgan fingerprint density at radius 2 is 1.95 bits per heavy atom. The lowest BCUT2D eigenvalue weighted by Crippen LogP contribution is -2.46. The maximum Gasteiger partial charge on any atom is 0.261 e. The lowest BCUT2D eigenvalue weighted by molar-refractivity contribution is -0.132. The molecule has 5 heteroatoms. The molecule has 1 saturated heterocycles. The van der Waals surface area contributed by atoms with Gasteiger partial charge in [-0.3, -0.25) is 9.59 Å². The lowest BCUT2D eigenvalue weighted by Gasteiger charge is -2.35. The van der Waals surface area contributed by atoms with Gasteiger partial charge in [-0.05, 0) is 37.3 Å². The number of hydrogen-bond acceptors (Lipinski definition) is 3. The molecule has 2 amide bonds. The van der Waals surface area contributed by atoms with Crippen molar-refractivity contribution in [1.82, 2.24) is 10.2 Å². The van der Waals surface area contributed by atoms with Crippen LogP contribution in [0.5, 0.6) is 0 Å². The van der Waals surface area contributed by atoms with Crippen LogP contribution in [0.2, 0.25) is 0 Å². The molecule has 0 saturated carbocycles. The van der Waals surface area contributed by atoms with E-state index in [2.05, 4.69) is 19.2 Å². The summed E-state index contributed by atoms with van der Waals surface area (Å²) in [6.45, 7) is 8.00. The first-order valence-electron chi connectivity index (χ1n) is 7.08. The highest BCUT2D eigenvalue weighted by Crippen LogP contribution is 2.20. The third-order valence-electron chi connectivity index (χ3n) is 3.59. The van der Waals surface area contributed by atoms with E-state index >= 15 is 0 Å². The zero-order valence-electron chi connectivity index (χ0n) is 12.3. The van der Waals surface area contributed by atoms with E-state index in [1.165, 1.54) is 17.8 Å². The van der Waals surface area contributed by atoms with E-state index in [0.717, 1.165) is 18.0 Å². The second kappa shape index (κ2) is 6.39. The van der Waals surface area contributed by atoms with Gasteiger partial charge in [0.15, 0.2) is 0 Å². The molecule has 2 rings (SSSR count). The smallest absolute Gasteiger partial charge is 0.261 e. The van der Waals surface area contributed by atoms with Gasteiger partial charge in [0.1, 0.15) is 0 Å². The molecular weight excluding hydrogens is 272 g/mol. The number of likely N-dealkylation sites (tertiary alicyclic amines) is 1. The minimum atomic E-state index is -0.158. The van der Waals surface area contributed by atoms with Crippen LogP contribution in [-0.2, 0) is 4.79 Å². The fraction of sp³-hybridized carbons (Fsp3) is 0.600. The van der Waals surface area contributed by atoms with Crippen LogP contribution >= 0.6 is 11.3 Å². The quantitative estimate of drug-likeness (QED) is 0.930. The normalized spacial score (nSPS) is 22.6. The van der Waals surface area contributed by atoms with E-state index in [-0.39, 0.29) is 18.4 Å². The predicted octanol–water partition coefficient (Wildman–Crippen LogP) is 2.29. The summed E-state index contributed by atoms with van der Waals surface area (Å²) in [6, 6.07) is 3.71. The second-order valence-electron chi connectivity index (χ2n) is 5.84. The highest BCUT2D eigenvalue weighted by atomic mass is 32.1. The van der Waals surface area contributed by atoms with Crippen molar-refractivity contribution in [2.45, 2.75) is 27.2 Å². The van der Waals surface area contributed by atoms with Gasteiger partial charge in [0, 0.05) is 18.0 Å². The summed E-state index contributed by atoms with van der Waals surface area (Å²) in [5.41, 5.74) is 0. The zero-order valence-corrected chi connectivity index (χ0v) is 13.1. The monoisotopic (exact) mass is 294 g/mol. The second-order valence-corrected chi connectivity index (χ2v) is 7.13. The van der Waals surface area contributed by atoms with Crippen molar-refractivity contribution in [3.8, 4) is 0 Å². The highest BCUT2D eigenvalue weighted by Gasteiger charge is 2.25. The number of thiophene rings is 1. The number of carbonyl (C=O) groups is 2. The largest absolute Gasteiger partial charge is 0.342 e. The number of nitrogens with one attached hydrogen (secondary N) is 1. The Hall–Kier alpha value is -1.36. The average molecular weight is 294 g/mol. The number of piperidine rings is 1. The van der Waals surface area contributed by atoms with E-state index in [0.29, 0.717) is 16.7 Å². The SMILES string of the molecule is Cc1ccc(C(=O)NCC(=O)N2CC(C)CC(C)C2)s1. The van der Waals surface area contributed by atoms with Crippen LogP contribution in [-0.4, -0.2) is 36.3 Å². The van der Waals surface area contributed by atoms with Crippen LogP contribution in [0.3, 0.4) is 0 Å². The van der Waals surface area contributed by atoms with Gasteiger partial charge in [-0.25, -0.2) is 0 Å².